The molecule has 0 saturated heterocycles. The average molecular weight is 415 g/mol. The van der Waals surface area contributed by atoms with Crippen LogP contribution in [0, 0.1) is 0 Å². The third kappa shape index (κ3) is 4.64. The van der Waals surface area contributed by atoms with Gasteiger partial charge in [-0.3, -0.25) is 9.36 Å². The minimum atomic E-state index is -0.0328. The molecule has 7 heteroatoms. The number of aryl methyl sites for hydroxylation is 2. The van der Waals surface area contributed by atoms with Gasteiger partial charge in [-0.05, 0) is 44.4 Å². The summed E-state index contributed by atoms with van der Waals surface area (Å²) in [6, 6.07) is 10.3. The van der Waals surface area contributed by atoms with Gasteiger partial charge in [-0.25, -0.2) is 0 Å². The predicted molar refractivity (Wildman–Crippen MR) is 118 cm³/mol. The normalized spacial score (nSPS) is 11.2. The number of thiophene rings is 1. The molecule has 28 heavy (non-hydrogen) atoms. The molecule has 148 valence electrons. The molecule has 0 aliphatic rings. The van der Waals surface area contributed by atoms with Crippen molar-refractivity contribution in [3.05, 3.63) is 46.2 Å². The number of para-hydroxylation sites is 1. The summed E-state index contributed by atoms with van der Waals surface area (Å²) in [4.78, 5) is 13.8. The number of thioether (sulfide) groups is 1. The zero-order valence-corrected chi connectivity index (χ0v) is 18.4. The second-order valence-electron chi connectivity index (χ2n) is 6.77. The number of carbonyl (C=O) groups is 1. The van der Waals surface area contributed by atoms with Gasteiger partial charge < -0.3 is 5.32 Å². The minimum absolute atomic E-state index is 0.0328. The second kappa shape index (κ2) is 9.39. The van der Waals surface area contributed by atoms with Crippen molar-refractivity contribution in [2.45, 2.75) is 51.7 Å². The van der Waals surface area contributed by atoms with Crippen molar-refractivity contribution in [3.63, 3.8) is 0 Å². The predicted octanol–water partition coefficient (Wildman–Crippen LogP) is 5.44. The van der Waals surface area contributed by atoms with E-state index in [2.05, 4.69) is 59.2 Å². The molecule has 0 spiro atoms. The van der Waals surface area contributed by atoms with E-state index in [9.17, 15) is 4.79 Å². The highest BCUT2D eigenvalue weighted by Gasteiger charge is 2.19. The molecule has 0 bridgehead atoms. The lowest BCUT2D eigenvalue weighted by Crippen LogP contribution is -2.16. The van der Waals surface area contributed by atoms with E-state index in [-0.39, 0.29) is 11.9 Å². The van der Waals surface area contributed by atoms with Crippen LogP contribution in [0.25, 0.3) is 11.4 Å². The number of hydrogen-bond acceptors (Lipinski definition) is 5. The molecule has 1 aromatic carbocycles. The van der Waals surface area contributed by atoms with Crippen molar-refractivity contribution >= 4 is 34.7 Å². The molecule has 0 aliphatic heterocycles. The van der Waals surface area contributed by atoms with Gasteiger partial charge in [0.1, 0.15) is 0 Å². The van der Waals surface area contributed by atoms with Gasteiger partial charge in [0.15, 0.2) is 11.0 Å². The smallest absolute Gasteiger partial charge is 0.234 e. The fourth-order valence-corrected chi connectivity index (χ4v) is 4.67. The van der Waals surface area contributed by atoms with Crippen LogP contribution in [0.15, 0.2) is 40.9 Å². The Morgan fingerprint density at radius 2 is 2.00 bits per heavy atom. The van der Waals surface area contributed by atoms with Gasteiger partial charge in [-0.1, -0.05) is 43.8 Å². The van der Waals surface area contributed by atoms with E-state index in [1.807, 2.05) is 24.3 Å². The van der Waals surface area contributed by atoms with Crippen LogP contribution in [0.3, 0.4) is 0 Å². The lowest BCUT2D eigenvalue weighted by Gasteiger charge is -2.13. The van der Waals surface area contributed by atoms with Crippen LogP contribution < -0.4 is 5.32 Å². The van der Waals surface area contributed by atoms with Crippen molar-refractivity contribution in [1.82, 2.24) is 14.8 Å². The Balaban J connectivity index is 1.73. The quantitative estimate of drug-likeness (QED) is 0.498. The molecule has 0 aliphatic carbocycles. The summed E-state index contributed by atoms with van der Waals surface area (Å²) in [7, 11) is 0. The molecule has 0 fully saturated rings. The fourth-order valence-electron chi connectivity index (χ4n) is 2.99. The summed E-state index contributed by atoms with van der Waals surface area (Å²) in [5.74, 6) is 1.13. The molecule has 0 atom stereocenters. The van der Waals surface area contributed by atoms with Gasteiger partial charge in [0.05, 0.1) is 5.75 Å². The highest BCUT2D eigenvalue weighted by atomic mass is 32.2. The van der Waals surface area contributed by atoms with Gasteiger partial charge in [0, 0.05) is 27.5 Å². The summed E-state index contributed by atoms with van der Waals surface area (Å²) in [5, 5.41) is 14.7. The van der Waals surface area contributed by atoms with E-state index in [1.165, 1.54) is 16.6 Å². The molecule has 2 aromatic heterocycles. The Labute approximate surface area is 174 Å². The Bertz CT molecular complexity index is 946. The number of nitrogens with one attached hydrogen (secondary N) is 1. The first kappa shape index (κ1) is 20.6. The summed E-state index contributed by atoms with van der Waals surface area (Å²) in [6.07, 6.45) is 1.90. The molecular formula is C21H26N4OS2. The first-order valence-electron chi connectivity index (χ1n) is 9.56. The molecule has 3 aromatic rings. The number of aromatic nitrogens is 3. The van der Waals surface area contributed by atoms with E-state index in [0.717, 1.165) is 40.6 Å². The number of benzene rings is 1. The molecule has 0 radical (unpaired) electrons. The van der Waals surface area contributed by atoms with Crippen molar-refractivity contribution in [2.75, 3.05) is 11.1 Å². The van der Waals surface area contributed by atoms with Crippen molar-refractivity contribution < 1.29 is 4.79 Å². The van der Waals surface area contributed by atoms with Crippen LogP contribution in [0.4, 0.5) is 5.69 Å². The summed E-state index contributed by atoms with van der Waals surface area (Å²) < 4.78 is 2.11. The molecule has 1 amide bonds. The largest absolute Gasteiger partial charge is 0.325 e. The van der Waals surface area contributed by atoms with Gasteiger partial charge in [0.25, 0.3) is 0 Å². The monoisotopic (exact) mass is 414 g/mol. The highest BCUT2D eigenvalue weighted by Crippen LogP contribution is 2.30. The SMILES string of the molecule is CCc1cc(-c2nnc(SCC(=O)Nc3ccccc3CC)n2C(C)C)cs1. The number of carbonyl (C=O) groups excluding carboxylic acids is 1. The van der Waals surface area contributed by atoms with Crippen LogP contribution in [-0.2, 0) is 17.6 Å². The molecular weight excluding hydrogens is 388 g/mol. The Kier molecular flexibility index (Phi) is 6.91. The Morgan fingerprint density at radius 3 is 2.68 bits per heavy atom. The number of rotatable bonds is 8. The van der Waals surface area contributed by atoms with Crippen LogP contribution in [0.2, 0.25) is 0 Å². The summed E-state index contributed by atoms with van der Waals surface area (Å²) in [6.45, 7) is 8.46. The van der Waals surface area contributed by atoms with Crippen molar-refractivity contribution in [2.24, 2.45) is 0 Å². The van der Waals surface area contributed by atoms with Crippen LogP contribution in [-0.4, -0.2) is 26.4 Å². The van der Waals surface area contributed by atoms with Crippen LogP contribution in [0.5, 0.6) is 0 Å². The first-order chi connectivity index (χ1) is 13.5. The first-order valence-corrected chi connectivity index (χ1v) is 11.4. The third-order valence-corrected chi connectivity index (χ3v) is 6.47. The lowest BCUT2D eigenvalue weighted by atomic mass is 10.1. The maximum Gasteiger partial charge on any atom is 0.234 e. The van der Waals surface area contributed by atoms with Gasteiger partial charge >= 0.3 is 0 Å². The standard InChI is InChI=1S/C21H26N4OS2/c1-5-15-9-7-8-10-18(15)22-19(26)13-28-21-24-23-20(25(21)14(3)4)16-11-17(6-2)27-12-16/h7-12,14H,5-6,13H2,1-4H3,(H,22,26). The fraction of sp³-hybridized carbons (Fsp3) is 0.381. The molecule has 5 nitrogen and oxygen atoms in total. The van der Waals surface area contributed by atoms with Gasteiger partial charge in [-0.2, -0.15) is 0 Å². The summed E-state index contributed by atoms with van der Waals surface area (Å²) in [5.41, 5.74) is 3.11. The number of nitrogens with zero attached hydrogens (tertiary/aromatic N) is 3. The summed E-state index contributed by atoms with van der Waals surface area (Å²) >= 11 is 3.17. The maximum atomic E-state index is 12.5. The van der Waals surface area contributed by atoms with Crippen LogP contribution >= 0.6 is 23.1 Å². The van der Waals surface area contributed by atoms with Gasteiger partial charge in [-0.15, -0.1) is 21.5 Å². The molecule has 0 saturated carbocycles. The van der Waals surface area contributed by atoms with E-state index in [1.54, 1.807) is 11.3 Å². The number of anilines is 1. The number of amides is 1. The van der Waals surface area contributed by atoms with Gasteiger partial charge in [0.2, 0.25) is 5.91 Å². The Hall–Kier alpha value is -2.12. The van der Waals surface area contributed by atoms with E-state index < -0.39 is 0 Å². The molecule has 1 N–H and O–H groups in total. The zero-order chi connectivity index (χ0) is 20.1. The van der Waals surface area contributed by atoms with Crippen molar-refractivity contribution in [3.8, 4) is 11.4 Å². The lowest BCUT2D eigenvalue weighted by molar-refractivity contribution is -0.113. The van der Waals surface area contributed by atoms with E-state index in [0.29, 0.717) is 5.75 Å². The highest BCUT2D eigenvalue weighted by molar-refractivity contribution is 7.99. The van der Waals surface area contributed by atoms with Crippen LogP contribution in [0.1, 0.15) is 44.2 Å². The van der Waals surface area contributed by atoms with E-state index >= 15 is 0 Å². The average Bonchev–Trinajstić information content (AvgIpc) is 3.33. The maximum absolute atomic E-state index is 12.5. The Morgan fingerprint density at radius 1 is 1.21 bits per heavy atom. The van der Waals surface area contributed by atoms with E-state index in [4.69, 9.17) is 0 Å². The second-order valence-corrected chi connectivity index (χ2v) is 8.71. The molecule has 2 heterocycles. The van der Waals surface area contributed by atoms with Crippen molar-refractivity contribution in [1.29, 1.82) is 0 Å². The molecule has 0 unspecified atom stereocenters. The third-order valence-electron chi connectivity index (χ3n) is 4.45. The zero-order valence-electron chi connectivity index (χ0n) is 16.7. The topological polar surface area (TPSA) is 59.8 Å². The minimum Gasteiger partial charge on any atom is -0.325 e. The number of hydrogen-bond donors (Lipinski definition) is 1. The molecule has 3 rings (SSSR count).